The van der Waals surface area contributed by atoms with Crippen molar-refractivity contribution in [1.82, 2.24) is 0 Å². The molecule has 1 atom stereocenters. The molecule has 0 aromatic heterocycles. The molecule has 0 amide bonds. The number of nitrogens with zero attached hydrogens (tertiary/aromatic N) is 1. The molecule has 8 nitrogen and oxygen atoms in total. The molecule has 0 fully saturated rings. The van der Waals surface area contributed by atoms with Gasteiger partial charge >= 0.3 is 11.9 Å². The number of rotatable bonds is 9. The van der Waals surface area contributed by atoms with Crippen molar-refractivity contribution in [3.8, 4) is 0 Å². The Balaban J connectivity index is 3.07. The molecule has 0 saturated carbocycles. The second-order valence-corrected chi connectivity index (χ2v) is 4.83. The molecule has 0 aliphatic heterocycles. The fourth-order valence-electron chi connectivity index (χ4n) is 2.12. The van der Waals surface area contributed by atoms with Gasteiger partial charge in [-0.2, -0.15) is 0 Å². The number of hydrogen-bond donors (Lipinski definition) is 0. The van der Waals surface area contributed by atoms with Gasteiger partial charge in [-0.25, -0.2) is 0 Å². The molecule has 0 unspecified atom stereocenters. The summed E-state index contributed by atoms with van der Waals surface area (Å²) in [5.41, 5.74) is 0.260. The first-order chi connectivity index (χ1) is 11.4. The second kappa shape index (κ2) is 9.39. The quantitative estimate of drug-likeness (QED) is 0.221. The van der Waals surface area contributed by atoms with E-state index in [0.717, 1.165) is 0 Å². The lowest BCUT2D eigenvalue weighted by atomic mass is 9.93. The highest BCUT2D eigenvalue weighted by Gasteiger charge is 2.46. The fourth-order valence-corrected chi connectivity index (χ4v) is 2.12. The van der Waals surface area contributed by atoms with Crippen LogP contribution < -0.4 is 0 Å². The highest BCUT2D eigenvalue weighted by atomic mass is 16.6. The molecule has 0 radical (unpaired) electrons. The first-order valence-electron chi connectivity index (χ1n) is 7.47. The molecule has 0 heterocycles. The average molecular weight is 337 g/mol. The van der Waals surface area contributed by atoms with E-state index in [1.165, 1.54) is 26.0 Å². The van der Waals surface area contributed by atoms with E-state index in [0.29, 0.717) is 0 Å². The molecule has 0 aliphatic carbocycles. The minimum Gasteiger partial charge on any atom is -0.465 e. The van der Waals surface area contributed by atoms with Gasteiger partial charge in [-0.15, -0.1) is 0 Å². The van der Waals surface area contributed by atoms with Crippen LogP contribution in [0.25, 0.3) is 0 Å². The summed E-state index contributed by atoms with van der Waals surface area (Å²) in [6.45, 7) is 2.92. The van der Waals surface area contributed by atoms with Crippen LogP contribution in [-0.4, -0.2) is 41.9 Å². The van der Waals surface area contributed by atoms with Gasteiger partial charge in [0.2, 0.25) is 12.0 Å². The molecule has 0 saturated heterocycles. The summed E-state index contributed by atoms with van der Waals surface area (Å²) in [7, 11) is 0. The lowest BCUT2D eigenvalue weighted by molar-refractivity contribution is -0.526. The number of carbonyl (C=O) groups is 3. The van der Waals surface area contributed by atoms with Crippen LogP contribution in [0, 0.1) is 16.0 Å². The zero-order valence-electron chi connectivity index (χ0n) is 13.5. The van der Waals surface area contributed by atoms with Crippen LogP contribution in [0.15, 0.2) is 30.3 Å². The maximum absolute atomic E-state index is 12.2. The number of ketones is 1. The number of esters is 2. The lowest BCUT2D eigenvalue weighted by Crippen LogP contribution is -2.43. The number of hydrogen-bond acceptors (Lipinski definition) is 7. The molecule has 130 valence electrons. The van der Waals surface area contributed by atoms with Gasteiger partial charge in [0.05, 0.1) is 19.6 Å². The zero-order valence-corrected chi connectivity index (χ0v) is 13.5. The Bertz CT molecular complexity index is 582. The molecule has 1 aromatic carbocycles. The van der Waals surface area contributed by atoms with Gasteiger partial charge in [0.1, 0.15) is 0 Å². The molecule has 1 aromatic rings. The number of carbonyl (C=O) groups excluding carboxylic acids is 3. The Kier molecular flexibility index (Phi) is 7.54. The third-order valence-electron chi connectivity index (χ3n) is 3.23. The van der Waals surface area contributed by atoms with Gasteiger partial charge in [-0.3, -0.25) is 24.5 Å². The minimum atomic E-state index is -1.78. The van der Waals surface area contributed by atoms with Crippen LogP contribution in [0.5, 0.6) is 0 Å². The molecule has 0 spiro atoms. The second-order valence-electron chi connectivity index (χ2n) is 4.83. The summed E-state index contributed by atoms with van der Waals surface area (Å²) in [6, 6.07) is 6.18. The van der Waals surface area contributed by atoms with Crippen molar-refractivity contribution in [1.29, 1.82) is 0 Å². The first kappa shape index (κ1) is 19.3. The summed E-state index contributed by atoms with van der Waals surface area (Å²) in [4.78, 5) is 46.7. The smallest absolute Gasteiger partial charge is 0.327 e. The van der Waals surface area contributed by atoms with E-state index in [1.807, 2.05) is 0 Å². The fraction of sp³-hybridized carbons (Fsp3) is 0.438. The molecule has 0 N–H and O–H groups in total. The maximum atomic E-state index is 12.2. The standard InChI is InChI=1S/C16H19NO7/c1-3-23-15(19)14(16(20)24-4-2)12(17(21)22)10-13(18)11-8-6-5-7-9-11/h5-9,12,14H,3-4,10H2,1-2H3/t12-/m1/s1. The molecule has 8 heteroatoms. The molecular weight excluding hydrogens is 318 g/mol. The Morgan fingerprint density at radius 3 is 1.96 bits per heavy atom. The normalized spacial score (nSPS) is 11.6. The van der Waals surface area contributed by atoms with Crippen molar-refractivity contribution in [3.05, 3.63) is 46.0 Å². The van der Waals surface area contributed by atoms with Crippen molar-refractivity contribution in [2.45, 2.75) is 26.3 Å². The SMILES string of the molecule is CCOC(=O)C(C(=O)OCC)[C@@H](CC(=O)c1ccccc1)[N+](=O)[O-]. The zero-order chi connectivity index (χ0) is 18.1. The highest BCUT2D eigenvalue weighted by Crippen LogP contribution is 2.18. The summed E-state index contributed by atoms with van der Waals surface area (Å²) >= 11 is 0. The van der Waals surface area contributed by atoms with Gasteiger partial charge < -0.3 is 9.47 Å². The largest absolute Gasteiger partial charge is 0.465 e. The molecule has 24 heavy (non-hydrogen) atoms. The maximum Gasteiger partial charge on any atom is 0.327 e. The van der Waals surface area contributed by atoms with E-state index in [-0.39, 0.29) is 18.8 Å². The Morgan fingerprint density at radius 1 is 1.04 bits per heavy atom. The molecule has 0 bridgehead atoms. The van der Waals surface area contributed by atoms with Gasteiger partial charge in [0.25, 0.3) is 0 Å². The van der Waals surface area contributed by atoms with Crippen LogP contribution in [0.3, 0.4) is 0 Å². The Morgan fingerprint density at radius 2 is 1.54 bits per heavy atom. The summed E-state index contributed by atoms with van der Waals surface area (Å²) < 4.78 is 9.47. The molecule has 0 aliphatic rings. The highest BCUT2D eigenvalue weighted by molar-refractivity contribution is 5.99. The lowest BCUT2D eigenvalue weighted by Gasteiger charge is -2.17. The van der Waals surface area contributed by atoms with E-state index in [9.17, 15) is 24.5 Å². The van der Waals surface area contributed by atoms with E-state index < -0.39 is 41.0 Å². The van der Waals surface area contributed by atoms with Crippen molar-refractivity contribution in [3.63, 3.8) is 0 Å². The predicted molar refractivity (Wildman–Crippen MR) is 82.9 cm³/mol. The summed E-state index contributed by atoms with van der Waals surface area (Å²) in [6.07, 6.45) is -0.612. The van der Waals surface area contributed by atoms with Crippen molar-refractivity contribution < 1.29 is 28.8 Å². The monoisotopic (exact) mass is 337 g/mol. The topological polar surface area (TPSA) is 113 Å². The van der Waals surface area contributed by atoms with Gasteiger partial charge in [0.15, 0.2) is 5.78 Å². The van der Waals surface area contributed by atoms with Crippen molar-refractivity contribution >= 4 is 17.7 Å². The third kappa shape index (κ3) is 5.15. The third-order valence-corrected chi connectivity index (χ3v) is 3.23. The number of benzene rings is 1. The van der Waals surface area contributed by atoms with Crippen LogP contribution in [-0.2, 0) is 19.1 Å². The number of nitro groups is 1. The van der Waals surface area contributed by atoms with Crippen LogP contribution >= 0.6 is 0 Å². The first-order valence-corrected chi connectivity index (χ1v) is 7.47. The molecule has 1 rings (SSSR count). The summed E-state index contributed by atoms with van der Waals surface area (Å²) in [5, 5.41) is 11.4. The van der Waals surface area contributed by atoms with E-state index in [1.54, 1.807) is 18.2 Å². The number of Topliss-reactive ketones (excluding diaryl/α,β-unsaturated/α-hetero) is 1. The predicted octanol–water partition coefficient (Wildman–Crippen LogP) is 1.65. The van der Waals surface area contributed by atoms with Gasteiger partial charge in [-0.1, -0.05) is 30.3 Å². The Labute approximate surface area is 138 Å². The van der Waals surface area contributed by atoms with E-state index in [4.69, 9.17) is 9.47 Å². The van der Waals surface area contributed by atoms with Gasteiger partial charge in [0, 0.05) is 10.5 Å². The Hall–Kier alpha value is -2.77. The number of ether oxygens (including phenoxy) is 2. The minimum absolute atomic E-state index is 0.0498. The van der Waals surface area contributed by atoms with E-state index >= 15 is 0 Å². The van der Waals surface area contributed by atoms with Gasteiger partial charge in [-0.05, 0) is 13.8 Å². The van der Waals surface area contributed by atoms with Crippen LogP contribution in [0.2, 0.25) is 0 Å². The summed E-state index contributed by atoms with van der Waals surface area (Å²) in [5.74, 6) is -4.47. The molecular formula is C16H19NO7. The van der Waals surface area contributed by atoms with Crippen LogP contribution in [0.4, 0.5) is 0 Å². The average Bonchev–Trinajstić information content (AvgIpc) is 2.55. The van der Waals surface area contributed by atoms with Crippen LogP contribution in [0.1, 0.15) is 30.6 Å². The van der Waals surface area contributed by atoms with Crippen molar-refractivity contribution in [2.24, 2.45) is 5.92 Å². The van der Waals surface area contributed by atoms with Crippen molar-refractivity contribution in [2.75, 3.05) is 13.2 Å². The van der Waals surface area contributed by atoms with E-state index in [2.05, 4.69) is 0 Å².